The molecule has 2 aromatic carbocycles. The van der Waals surface area contributed by atoms with Crippen LogP contribution in [0.1, 0.15) is 0 Å². The van der Waals surface area contributed by atoms with Gasteiger partial charge >= 0.3 is 0 Å². The summed E-state index contributed by atoms with van der Waals surface area (Å²) in [5.74, 6) is 0.250. The Hall–Kier alpha value is -2.54. The third-order valence-electron chi connectivity index (χ3n) is 3.47. The maximum Gasteiger partial charge on any atom is 0.264 e. The number of likely N-dealkylation sites (N-methyl/N-ethyl adjacent to an activating group) is 1. The van der Waals surface area contributed by atoms with Gasteiger partial charge in [-0.2, -0.15) is 0 Å². The third-order valence-corrected chi connectivity index (χ3v) is 5.26. The molecule has 0 aromatic heterocycles. The number of carbonyl (C=O) groups is 1. The first kappa shape index (κ1) is 17.8. The van der Waals surface area contributed by atoms with Crippen LogP contribution in [0.15, 0.2) is 59.5 Å². The Balaban J connectivity index is 2.46. The molecule has 128 valence electrons. The van der Waals surface area contributed by atoms with Crippen molar-refractivity contribution in [3.8, 4) is 5.75 Å². The van der Waals surface area contributed by atoms with Crippen LogP contribution in [0, 0.1) is 0 Å². The highest BCUT2D eigenvalue weighted by atomic mass is 32.2. The number of rotatable bonds is 6. The highest BCUT2D eigenvalue weighted by molar-refractivity contribution is 7.92. The molecule has 0 saturated heterocycles. The maximum atomic E-state index is 13.0. The molecule has 0 aliphatic rings. The molecule has 1 amide bonds. The molecule has 0 aliphatic heterocycles. The van der Waals surface area contributed by atoms with Gasteiger partial charge in [0.05, 0.1) is 17.7 Å². The lowest BCUT2D eigenvalue weighted by molar-refractivity contribution is -0.127. The minimum Gasteiger partial charge on any atom is -0.497 e. The first-order valence-corrected chi connectivity index (χ1v) is 8.72. The molecule has 0 aliphatic carbocycles. The van der Waals surface area contributed by atoms with E-state index in [1.165, 1.54) is 24.1 Å². The fourth-order valence-corrected chi connectivity index (χ4v) is 3.46. The Morgan fingerprint density at radius 1 is 1.00 bits per heavy atom. The number of nitrogens with zero attached hydrogens (tertiary/aromatic N) is 2. The summed E-state index contributed by atoms with van der Waals surface area (Å²) in [4.78, 5) is 13.6. The van der Waals surface area contributed by atoms with E-state index in [4.69, 9.17) is 4.74 Å². The van der Waals surface area contributed by atoms with Crippen LogP contribution in [-0.2, 0) is 14.8 Å². The van der Waals surface area contributed by atoms with Gasteiger partial charge in [0.2, 0.25) is 5.91 Å². The van der Waals surface area contributed by atoms with Crippen LogP contribution >= 0.6 is 0 Å². The second kappa shape index (κ2) is 7.35. The van der Waals surface area contributed by atoms with E-state index in [0.717, 1.165) is 4.31 Å². The normalized spacial score (nSPS) is 11.0. The quantitative estimate of drug-likeness (QED) is 0.801. The Bertz CT molecular complexity index is 787. The minimum atomic E-state index is -3.88. The van der Waals surface area contributed by atoms with Crippen molar-refractivity contribution in [2.75, 3.05) is 32.1 Å². The van der Waals surface area contributed by atoms with E-state index < -0.39 is 10.0 Å². The molecule has 7 heteroatoms. The van der Waals surface area contributed by atoms with Crippen molar-refractivity contribution in [3.05, 3.63) is 54.6 Å². The number of hydrogen-bond acceptors (Lipinski definition) is 4. The van der Waals surface area contributed by atoms with E-state index >= 15 is 0 Å². The summed E-state index contributed by atoms with van der Waals surface area (Å²) in [5, 5.41) is 0. The number of anilines is 1. The number of para-hydroxylation sites is 1. The second-order valence-electron chi connectivity index (χ2n) is 5.31. The molecular formula is C17H20N2O4S. The van der Waals surface area contributed by atoms with E-state index in [1.54, 1.807) is 56.6 Å². The van der Waals surface area contributed by atoms with Gasteiger partial charge < -0.3 is 9.64 Å². The molecule has 0 bridgehead atoms. The monoisotopic (exact) mass is 348 g/mol. The highest BCUT2D eigenvalue weighted by Crippen LogP contribution is 2.25. The van der Waals surface area contributed by atoms with Gasteiger partial charge in [0.15, 0.2) is 0 Å². The zero-order valence-corrected chi connectivity index (χ0v) is 14.7. The number of carbonyl (C=O) groups excluding carboxylic acids is 1. The Morgan fingerprint density at radius 2 is 1.58 bits per heavy atom. The molecule has 0 spiro atoms. The average molecular weight is 348 g/mol. The fourth-order valence-electron chi connectivity index (χ4n) is 2.05. The van der Waals surface area contributed by atoms with Crippen LogP contribution in [0.4, 0.5) is 5.69 Å². The number of benzene rings is 2. The largest absolute Gasteiger partial charge is 0.497 e. The molecule has 2 aromatic rings. The van der Waals surface area contributed by atoms with Crippen molar-refractivity contribution >= 4 is 21.6 Å². The van der Waals surface area contributed by atoms with E-state index in [-0.39, 0.29) is 17.3 Å². The second-order valence-corrected chi connectivity index (χ2v) is 7.17. The van der Waals surface area contributed by atoms with Gasteiger partial charge in [-0.15, -0.1) is 0 Å². The molecule has 0 unspecified atom stereocenters. The molecule has 6 nitrogen and oxygen atoms in total. The summed E-state index contributed by atoms with van der Waals surface area (Å²) in [6.07, 6.45) is 0. The zero-order chi connectivity index (χ0) is 17.7. The molecule has 2 rings (SSSR count). The zero-order valence-electron chi connectivity index (χ0n) is 13.8. The molecular weight excluding hydrogens is 328 g/mol. The van der Waals surface area contributed by atoms with Gasteiger partial charge in [-0.25, -0.2) is 8.42 Å². The van der Waals surface area contributed by atoms with Gasteiger partial charge in [0.25, 0.3) is 10.0 Å². The third kappa shape index (κ3) is 3.86. The lowest BCUT2D eigenvalue weighted by atomic mass is 10.3. The molecule has 24 heavy (non-hydrogen) atoms. The number of methoxy groups -OCH3 is 1. The smallest absolute Gasteiger partial charge is 0.264 e. The number of amides is 1. The van der Waals surface area contributed by atoms with Crippen LogP contribution in [-0.4, -0.2) is 47.0 Å². The number of sulfonamides is 1. The van der Waals surface area contributed by atoms with Crippen molar-refractivity contribution in [3.63, 3.8) is 0 Å². The summed E-state index contributed by atoms with van der Waals surface area (Å²) in [6.45, 7) is -0.272. The van der Waals surface area contributed by atoms with Gasteiger partial charge in [0.1, 0.15) is 12.3 Å². The maximum absolute atomic E-state index is 13.0. The molecule has 0 radical (unpaired) electrons. The predicted octanol–water partition coefficient (Wildman–Crippen LogP) is 1.98. The Morgan fingerprint density at radius 3 is 2.08 bits per heavy atom. The van der Waals surface area contributed by atoms with E-state index in [2.05, 4.69) is 0 Å². The van der Waals surface area contributed by atoms with Gasteiger partial charge in [-0.1, -0.05) is 18.2 Å². The van der Waals surface area contributed by atoms with Crippen LogP contribution in [0.5, 0.6) is 5.75 Å². The highest BCUT2D eigenvalue weighted by Gasteiger charge is 2.27. The molecule has 0 atom stereocenters. The topological polar surface area (TPSA) is 66.9 Å². The van der Waals surface area contributed by atoms with E-state index in [9.17, 15) is 13.2 Å². The SMILES string of the molecule is COc1ccc(S(=O)(=O)N(CC(=O)N(C)C)c2ccccc2)cc1. The van der Waals surface area contributed by atoms with Gasteiger partial charge in [-0.3, -0.25) is 9.10 Å². The van der Waals surface area contributed by atoms with E-state index in [0.29, 0.717) is 11.4 Å². The van der Waals surface area contributed by atoms with Gasteiger partial charge in [-0.05, 0) is 36.4 Å². The van der Waals surface area contributed by atoms with Crippen LogP contribution in [0.2, 0.25) is 0 Å². The number of ether oxygens (including phenoxy) is 1. The van der Waals surface area contributed by atoms with E-state index in [1.807, 2.05) is 0 Å². The summed E-state index contributed by atoms with van der Waals surface area (Å²) in [7, 11) is 0.810. The minimum absolute atomic E-state index is 0.0960. The summed E-state index contributed by atoms with van der Waals surface area (Å²) < 4.78 is 32.2. The Labute approximate surface area is 142 Å². The number of hydrogen-bond donors (Lipinski definition) is 0. The summed E-state index contributed by atoms with van der Waals surface area (Å²) in [6, 6.07) is 14.6. The summed E-state index contributed by atoms with van der Waals surface area (Å²) >= 11 is 0. The Kier molecular flexibility index (Phi) is 5.46. The van der Waals surface area contributed by atoms with Crippen molar-refractivity contribution < 1.29 is 17.9 Å². The van der Waals surface area contributed by atoms with Crippen LogP contribution in [0.3, 0.4) is 0 Å². The standard InChI is InChI=1S/C17H20N2O4S/c1-18(2)17(20)13-19(14-7-5-4-6-8-14)24(21,22)16-11-9-15(23-3)10-12-16/h4-12H,13H2,1-3H3. The first-order chi connectivity index (χ1) is 11.4. The molecule has 0 saturated carbocycles. The lowest BCUT2D eigenvalue weighted by Gasteiger charge is -2.25. The van der Waals surface area contributed by atoms with Crippen LogP contribution in [0.25, 0.3) is 0 Å². The fraction of sp³-hybridized carbons (Fsp3) is 0.235. The predicted molar refractivity (Wildman–Crippen MR) is 92.7 cm³/mol. The van der Waals surface area contributed by atoms with Crippen molar-refractivity contribution in [1.82, 2.24) is 4.90 Å². The van der Waals surface area contributed by atoms with Crippen molar-refractivity contribution in [2.45, 2.75) is 4.90 Å². The van der Waals surface area contributed by atoms with Crippen molar-refractivity contribution in [2.24, 2.45) is 0 Å². The molecule has 0 heterocycles. The average Bonchev–Trinajstić information content (AvgIpc) is 2.60. The van der Waals surface area contributed by atoms with Gasteiger partial charge in [0, 0.05) is 14.1 Å². The summed E-state index contributed by atoms with van der Waals surface area (Å²) in [5.41, 5.74) is 0.434. The molecule has 0 N–H and O–H groups in total. The van der Waals surface area contributed by atoms with Crippen LogP contribution < -0.4 is 9.04 Å². The van der Waals surface area contributed by atoms with Crippen molar-refractivity contribution in [1.29, 1.82) is 0 Å². The molecule has 0 fully saturated rings. The lowest BCUT2D eigenvalue weighted by Crippen LogP contribution is -2.40. The first-order valence-electron chi connectivity index (χ1n) is 7.28.